The van der Waals surface area contributed by atoms with E-state index in [1.54, 1.807) is 20.3 Å². The second kappa shape index (κ2) is 9.93. The van der Waals surface area contributed by atoms with E-state index in [4.69, 9.17) is 9.47 Å². The maximum atomic E-state index is 12.2. The van der Waals surface area contributed by atoms with E-state index in [-0.39, 0.29) is 18.2 Å². The van der Waals surface area contributed by atoms with Crippen molar-refractivity contribution in [1.29, 1.82) is 0 Å². The smallest absolute Gasteiger partial charge is 0.240 e. The molecular weight excluding hydrogens is 404 g/mol. The molecule has 3 rings (SSSR count). The molecule has 2 N–H and O–H groups in total. The number of para-hydroxylation sites is 1. The molecule has 1 atom stereocenters. The van der Waals surface area contributed by atoms with Gasteiger partial charge in [0.2, 0.25) is 11.8 Å². The molecule has 8 nitrogen and oxygen atoms in total. The van der Waals surface area contributed by atoms with Crippen molar-refractivity contribution in [2.45, 2.75) is 18.6 Å². The van der Waals surface area contributed by atoms with E-state index in [0.717, 1.165) is 5.56 Å². The van der Waals surface area contributed by atoms with Gasteiger partial charge < -0.3 is 20.1 Å². The zero-order chi connectivity index (χ0) is 21.5. The van der Waals surface area contributed by atoms with Crippen LogP contribution in [0.15, 0.2) is 52.7 Å². The minimum Gasteiger partial charge on any atom is -0.493 e. The van der Waals surface area contributed by atoms with Gasteiger partial charge in [0.1, 0.15) is 5.25 Å². The number of nitrogens with zero attached hydrogens (tertiary/aromatic N) is 2. The second-order valence-corrected chi connectivity index (χ2v) is 7.64. The number of methoxy groups -OCH3 is 2. The van der Waals surface area contributed by atoms with E-state index >= 15 is 0 Å². The summed E-state index contributed by atoms with van der Waals surface area (Å²) in [6.07, 6.45) is 1.55. The monoisotopic (exact) mass is 426 g/mol. The number of thioether (sulfide) groups is 1. The Hall–Kier alpha value is -3.33. The Morgan fingerprint density at radius 3 is 2.67 bits per heavy atom. The van der Waals surface area contributed by atoms with Crippen molar-refractivity contribution >= 4 is 40.6 Å². The molecule has 1 aliphatic heterocycles. The molecule has 2 amide bonds. The average Bonchev–Trinajstić information content (AvgIpc) is 3.08. The molecule has 2 aromatic rings. The van der Waals surface area contributed by atoms with E-state index in [2.05, 4.69) is 20.8 Å². The standard InChI is InChI=1S/C21H22N4O4S/c1-13-7-9-15(10-8-13)23-18(26)11-17-20(27)24-21(30-17)25-22-12-14-5-4-6-16(28-2)19(14)29-3/h4-10,12,17H,11H2,1-3H3,(H,23,26)(H,24,25,27)/b22-12-/t17-/m1/s1. The number of ether oxygens (including phenoxy) is 2. The number of aryl methyl sites for hydroxylation is 1. The third-order valence-corrected chi connectivity index (χ3v) is 5.33. The van der Waals surface area contributed by atoms with Gasteiger partial charge in [0.15, 0.2) is 16.7 Å². The first-order valence-corrected chi connectivity index (χ1v) is 10.0. The number of carbonyl (C=O) groups is 2. The van der Waals surface area contributed by atoms with E-state index in [0.29, 0.717) is 27.9 Å². The average molecular weight is 426 g/mol. The molecule has 1 aliphatic rings. The van der Waals surface area contributed by atoms with Gasteiger partial charge in [0, 0.05) is 17.7 Å². The lowest BCUT2D eigenvalue weighted by molar-refractivity contribution is -0.122. The number of amidine groups is 1. The lowest BCUT2D eigenvalue weighted by Gasteiger charge is -2.08. The number of rotatable bonds is 7. The summed E-state index contributed by atoms with van der Waals surface area (Å²) in [6.45, 7) is 1.97. The molecule has 0 saturated carbocycles. The van der Waals surface area contributed by atoms with Crippen molar-refractivity contribution in [2.75, 3.05) is 19.5 Å². The highest BCUT2D eigenvalue weighted by Gasteiger charge is 2.32. The highest BCUT2D eigenvalue weighted by molar-refractivity contribution is 8.15. The molecule has 0 aromatic heterocycles. The highest BCUT2D eigenvalue weighted by atomic mass is 32.2. The van der Waals surface area contributed by atoms with Gasteiger partial charge in [-0.25, -0.2) is 0 Å². The van der Waals surface area contributed by atoms with Gasteiger partial charge in [0.25, 0.3) is 0 Å². The van der Waals surface area contributed by atoms with E-state index in [1.807, 2.05) is 43.3 Å². The zero-order valence-electron chi connectivity index (χ0n) is 16.8. The SMILES string of the molecule is COc1cccc(/C=N\N=C2\NC(=O)[C@@H](CC(=O)Nc3ccc(C)cc3)S2)c1OC. The van der Waals surface area contributed by atoms with Crippen molar-refractivity contribution in [1.82, 2.24) is 5.32 Å². The molecule has 0 aliphatic carbocycles. The number of nitrogens with one attached hydrogen (secondary N) is 2. The normalized spacial score (nSPS) is 17.2. The quantitative estimate of drug-likeness (QED) is 0.524. The number of anilines is 1. The van der Waals surface area contributed by atoms with Gasteiger partial charge in [-0.2, -0.15) is 5.10 Å². The van der Waals surface area contributed by atoms with Crippen LogP contribution in [-0.4, -0.2) is 42.7 Å². The molecule has 1 heterocycles. The minimum absolute atomic E-state index is 0.0385. The lowest BCUT2D eigenvalue weighted by Crippen LogP contribution is -2.28. The molecule has 156 valence electrons. The number of amides is 2. The van der Waals surface area contributed by atoms with Crippen molar-refractivity contribution in [2.24, 2.45) is 10.2 Å². The Kier molecular flexibility index (Phi) is 7.08. The Morgan fingerprint density at radius 2 is 1.97 bits per heavy atom. The summed E-state index contributed by atoms with van der Waals surface area (Å²) in [5.41, 5.74) is 2.48. The van der Waals surface area contributed by atoms with Crippen LogP contribution in [-0.2, 0) is 9.59 Å². The summed E-state index contributed by atoms with van der Waals surface area (Å²) in [7, 11) is 3.10. The minimum atomic E-state index is -0.559. The molecule has 2 aromatic carbocycles. The highest BCUT2D eigenvalue weighted by Crippen LogP contribution is 2.29. The Balaban J connectivity index is 1.60. The first-order valence-electron chi connectivity index (χ1n) is 9.16. The van der Waals surface area contributed by atoms with Crippen LogP contribution in [0.3, 0.4) is 0 Å². The number of hydrogen-bond donors (Lipinski definition) is 2. The molecule has 0 radical (unpaired) electrons. The van der Waals surface area contributed by atoms with Crippen molar-refractivity contribution in [3.05, 3.63) is 53.6 Å². The molecule has 0 spiro atoms. The Bertz CT molecular complexity index is 989. The fourth-order valence-electron chi connectivity index (χ4n) is 2.76. The van der Waals surface area contributed by atoms with Gasteiger partial charge in [0.05, 0.1) is 20.4 Å². The predicted molar refractivity (Wildman–Crippen MR) is 119 cm³/mol. The van der Waals surface area contributed by atoms with Crippen LogP contribution < -0.4 is 20.1 Å². The largest absolute Gasteiger partial charge is 0.493 e. The zero-order valence-corrected chi connectivity index (χ0v) is 17.7. The van der Waals surface area contributed by atoms with Gasteiger partial charge >= 0.3 is 0 Å². The molecule has 1 fully saturated rings. The first kappa shape index (κ1) is 21.4. The fraction of sp³-hybridized carbons (Fsp3) is 0.238. The first-order chi connectivity index (χ1) is 14.5. The van der Waals surface area contributed by atoms with Crippen molar-refractivity contribution < 1.29 is 19.1 Å². The van der Waals surface area contributed by atoms with E-state index < -0.39 is 5.25 Å². The summed E-state index contributed by atoms with van der Waals surface area (Å²) in [5, 5.41) is 13.3. The summed E-state index contributed by atoms with van der Waals surface area (Å²) < 4.78 is 10.6. The van der Waals surface area contributed by atoms with Crippen molar-refractivity contribution in [3.8, 4) is 11.5 Å². The van der Waals surface area contributed by atoms with Crippen LogP contribution in [0.4, 0.5) is 5.69 Å². The maximum Gasteiger partial charge on any atom is 0.240 e. The van der Waals surface area contributed by atoms with Crippen molar-refractivity contribution in [3.63, 3.8) is 0 Å². The molecule has 0 unspecified atom stereocenters. The third-order valence-electron chi connectivity index (χ3n) is 4.26. The predicted octanol–water partition coefficient (Wildman–Crippen LogP) is 2.96. The van der Waals surface area contributed by atoms with Crippen LogP contribution in [0.2, 0.25) is 0 Å². The van der Waals surface area contributed by atoms with Crippen LogP contribution in [0.5, 0.6) is 11.5 Å². The van der Waals surface area contributed by atoms with Gasteiger partial charge in [-0.15, -0.1) is 5.10 Å². The molecular formula is C21H22N4O4S. The molecule has 9 heteroatoms. The van der Waals surface area contributed by atoms with Gasteiger partial charge in [-0.05, 0) is 31.2 Å². The second-order valence-electron chi connectivity index (χ2n) is 6.45. The lowest BCUT2D eigenvalue weighted by atomic mass is 10.2. The summed E-state index contributed by atoms with van der Waals surface area (Å²) >= 11 is 1.17. The van der Waals surface area contributed by atoms with Gasteiger partial charge in [-0.1, -0.05) is 35.5 Å². The van der Waals surface area contributed by atoms with Crippen LogP contribution in [0, 0.1) is 6.92 Å². The molecule has 30 heavy (non-hydrogen) atoms. The Labute approximate surface area is 178 Å². The summed E-state index contributed by atoms with van der Waals surface area (Å²) in [4.78, 5) is 24.4. The van der Waals surface area contributed by atoms with Crippen LogP contribution in [0.1, 0.15) is 17.5 Å². The summed E-state index contributed by atoms with van der Waals surface area (Å²) in [6, 6.07) is 12.9. The summed E-state index contributed by atoms with van der Waals surface area (Å²) in [5.74, 6) is 0.611. The topological polar surface area (TPSA) is 101 Å². The fourth-order valence-corrected chi connectivity index (χ4v) is 3.68. The van der Waals surface area contributed by atoms with Crippen LogP contribution >= 0.6 is 11.8 Å². The van der Waals surface area contributed by atoms with Crippen LogP contribution in [0.25, 0.3) is 0 Å². The maximum absolute atomic E-state index is 12.2. The van der Waals surface area contributed by atoms with E-state index in [1.165, 1.54) is 18.0 Å². The molecule has 1 saturated heterocycles. The Morgan fingerprint density at radius 1 is 1.20 bits per heavy atom. The third kappa shape index (κ3) is 5.38. The number of benzene rings is 2. The number of hydrogen-bond acceptors (Lipinski definition) is 7. The van der Waals surface area contributed by atoms with Gasteiger partial charge in [-0.3, -0.25) is 9.59 Å². The number of carbonyl (C=O) groups excluding carboxylic acids is 2. The molecule has 0 bridgehead atoms. The van der Waals surface area contributed by atoms with E-state index in [9.17, 15) is 9.59 Å².